The molecular formula is C36H33N3. The highest BCUT2D eigenvalue weighted by molar-refractivity contribution is 6.13. The van der Waals surface area contributed by atoms with Gasteiger partial charge >= 0.3 is 0 Å². The molecule has 39 heavy (non-hydrogen) atoms. The zero-order chi connectivity index (χ0) is 27.0. The first kappa shape index (κ1) is 25.6. The number of nitrogens with zero attached hydrogens (tertiary/aromatic N) is 1. The summed E-state index contributed by atoms with van der Waals surface area (Å²) in [5.74, 6) is 0.708. The molecule has 3 heteroatoms. The second kappa shape index (κ2) is 12.0. The van der Waals surface area contributed by atoms with E-state index in [0.29, 0.717) is 5.82 Å². The lowest BCUT2D eigenvalue weighted by atomic mass is 10.1. The fourth-order valence-corrected chi connectivity index (χ4v) is 4.81. The molecule has 5 aromatic carbocycles. The molecule has 0 aliphatic rings. The number of para-hydroxylation sites is 2. The normalized spacial score (nSPS) is 11.2. The molecule has 1 heterocycles. The predicted molar refractivity (Wildman–Crippen MR) is 169 cm³/mol. The predicted octanol–water partition coefficient (Wildman–Crippen LogP) is 9.18. The van der Waals surface area contributed by atoms with Crippen LogP contribution >= 0.6 is 0 Å². The molecule has 0 saturated carbocycles. The van der Waals surface area contributed by atoms with Crippen molar-refractivity contribution in [3.63, 3.8) is 0 Å². The Morgan fingerprint density at radius 1 is 0.744 bits per heavy atom. The Bertz CT molecular complexity index is 1710. The topological polar surface area (TPSA) is 43.0 Å². The van der Waals surface area contributed by atoms with E-state index in [0.717, 1.165) is 39.8 Å². The molecule has 0 fully saturated rings. The Hall–Kier alpha value is -5.02. The van der Waals surface area contributed by atoms with Crippen LogP contribution in [-0.4, -0.2) is 4.57 Å². The van der Waals surface area contributed by atoms with E-state index < -0.39 is 0 Å². The summed E-state index contributed by atoms with van der Waals surface area (Å²) in [7, 11) is 0. The van der Waals surface area contributed by atoms with Gasteiger partial charge in [-0.2, -0.15) is 0 Å². The number of nitrogens with two attached hydrogens (primary N) is 1. The highest BCUT2D eigenvalue weighted by Crippen LogP contribution is 2.37. The van der Waals surface area contributed by atoms with Crippen molar-refractivity contribution < 1.29 is 0 Å². The van der Waals surface area contributed by atoms with E-state index in [1.807, 2.05) is 48.5 Å². The molecule has 0 saturated heterocycles. The van der Waals surface area contributed by atoms with Gasteiger partial charge in [0.15, 0.2) is 0 Å². The van der Waals surface area contributed by atoms with Gasteiger partial charge in [0.2, 0.25) is 0 Å². The maximum atomic E-state index is 6.72. The van der Waals surface area contributed by atoms with Gasteiger partial charge < -0.3 is 11.1 Å². The van der Waals surface area contributed by atoms with Crippen molar-refractivity contribution in [3.8, 4) is 0 Å². The first-order chi connectivity index (χ1) is 19.2. The number of aromatic nitrogens is 1. The standard InChI is InChI=1S/C29H25N3.C7H8/c1-2-23-26(31-22-13-7-4-8-14-22)19-18-25-24-15-9-10-16-27(24)32(29(23)25)28(30)20-17-21-11-5-3-6-12-21;1-7-5-3-2-4-6-7/h2-16,18-20,31H,1,17,30H2;2-6H,1H3/b28-20+;. The van der Waals surface area contributed by atoms with Crippen molar-refractivity contribution in [2.24, 2.45) is 5.73 Å². The number of hydrogen-bond donors (Lipinski definition) is 2. The summed E-state index contributed by atoms with van der Waals surface area (Å²) < 4.78 is 2.15. The third kappa shape index (κ3) is 5.78. The van der Waals surface area contributed by atoms with Gasteiger partial charge in [-0.1, -0.05) is 121 Å². The molecule has 0 aliphatic heterocycles. The Balaban J connectivity index is 0.000000384. The maximum absolute atomic E-state index is 6.72. The van der Waals surface area contributed by atoms with Crippen LogP contribution in [0.5, 0.6) is 0 Å². The summed E-state index contributed by atoms with van der Waals surface area (Å²) in [6, 6.07) is 43.5. The molecular weight excluding hydrogens is 474 g/mol. The van der Waals surface area contributed by atoms with Crippen molar-refractivity contribution in [2.45, 2.75) is 13.3 Å². The summed E-state index contributed by atoms with van der Waals surface area (Å²) >= 11 is 0. The molecule has 192 valence electrons. The summed E-state index contributed by atoms with van der Waals surface area (Å²) in [5.41, 5.74) is 14.5. The first-order valence-electron chi connectivity index (χ1n) is 13.2. The monoisotopic (exact) mass is 507 g/mol. The molecule has 0 radical (unpaired) electrons. The van der Waals surface area contributed by atoms with E-state index in [4.69, 9.17) is 5.73 Å². The van der Waals surface area contributed by atoms with Crippen LogP contribution in [0.25, 0.3) is 33.7 Å². The number of fused-ring (bicyclic) bond motifs is 3. The average Bonchev–Trinajstić information content (AvgIpc) is 3.32. The van der Waals surface area contributed by atoms with Gasteiger partial charge in [-0.25, -0.2) is 0 Å². The number of hydrogen-bond acceptors (Lipinski definition) is 2. The first-order valence-corrected chi connectivity index (χ1v) is 13.2. The van der Waals surface area contributed by atoms with Crippen LogP contribution in [0.1, 0.15) is 16.7 Å². The largest absolute Gasteiger partial charge is 0.385 e. The van der Waals surface area contributed by atoms with Crippen molar-refractivity contribution in [2.75, 3.05) is 5.32 Å². The molecule has 0 unspecified atom stereocenters. The fourth-order valence-electron chi connectivity index (χ4n) is 4.81. The fraction of sp³-hybridized carbons (Fsp3) is 0.0556. The Morgan fingerprint density at radius 3 is 2.00 bits per heavy atom. The van der Waals surface area contributed by atoms with Crippen molar-refractivity contribution >= 4 is 45.1 Å². The number of rotatable bonds is 6. The molecule has 0 atom stereocenters. The minimum absolute atomic E-state index is 0.708. The van der Waals surface area contributed by atoms with Gasteiger partial charge in [0.25, 0.3) is 0 Å². The second-order valence-electron chi connectivity index (χ2n) is 9.44. The van der Waals surface area contributed by atoms with Crippen LogP contribution < -0.4 is 11.1 Å². The molecule has 0 spiro atoms. The van der Waals surface area contributed by atoms with Crippen LogP contribution in [0.2, 0.25) is 0 Å². The van der Waals surface area contributed by atoms with Gasteiger partial charge in [-0.3, -0.25) is 4.57 Å². The molecule has 6 aromatic rings. The smallest absolute Gasteiger partial charge is 0.104 e. The minimum Gasteiger partial charge on any atom is -0.385 e. The number of nitrogens with one attached hydrogen (secondary N) is 1. The van der Waals surface area contributed by atoms with Gasteiger partial charge in [-0.05, 0) is 49.2 Å². The number of aryl methyl sites for hydroxylation is 1. The maximum Gasteiger partial charge on any atom is 0.104 e. The summed E-state index contributed by atoms with van der Waals surface area (Å²) in [6.45, 7) is 6.22. The molecule has 6 rings (SSSR count). The minimum atomic E-state index is 0.708. The SMILES string of the molecule is C=Cc1c(Nc2ccccc2)ccc2c3ccccc3n(/C(N)=C/Cc3ccccc3)c12.Cc1ccccc1. The van der Waals surface area contributed by atoms with Crippen LogP contribution in [0.4, 0.5) is 11.4 Å². The van der Waals surface area contributed by atoms with Crippen LogP contribution in [-0.2, 0) is 6.42 Å². The number of allylic oxidation sites excluding steroid dienone is 1. The van der Waals surface area contributed by atoms with Gasteiger partial charge in [-0.15, -0.1) is 0 Å². The van der Waals surface area contributed by atoms with Crippen molar-refractivity contribution in [1.82, 2.24) is 4.57 Å². The molecule has 0 aliphatic carbocycles. The highest BCUT2D eigenvalue weighted by Gasteiger charge is 2.17. The zero-order valence-electron chi connectivity index (χ0n) is 22.2. The second-order valence-corrected chi connectivity index (χ2v) is 9.44. The van der Waals surface area contributed by atoms with E-state index in [1.165, 1.54) is 16.5 Å². The van der Waals surface area contributed by atoms with Crippen LogP contribution in [0.15, 0.2) is 140 Å². The van der Waals surface area contributed by atoms with Gasteiger partial charge in [0.05, 0.1) is 11.0 Å². The lowest BCUT2D eigenvalue weighted by molar-refractivity contribution is 1.14. The quantitative estimate of drug-likeness (QED) is 0.236. The van der Waals surface area contributed by atoms with Crippen molar-refractivity contribution in [3.05, 3.63) is 157 Å². The summed E-state index contributed by atoms with van der Waals surface area (Å²) in [5, 5.41) is 5.87. The third-order valence-electron chi connectivity index (χ3n) is 6.72. The van der Waals surface area contributed by atoms with E-state index >= 15 is 0 Å². The van der Waals surface area contributed by atoms with Crippen molar-refractivity contribution in [1.29, 1.82) is 0 Å². The van der Waals surface area contributed by atoms with E-state index in [-0.39, 0.29) is 0 Å². The molecule has 0 bridgehead atoms. The highest BCUT2D eigenvalue weighted by atomic mass is 15.1. The molecule has 3 nitrogen and oxygen atoms in total. The van der Waals surface area contributed by atoms with E-state index in [9.17, 15) is 0 Å². The Labute approximate surface area is 230 Å². The van der Waals surface area contributed by atoms with Gasteiger partial charge in [0.1, 0.15) is 5.82 Å². The number of benzene rings is 5. The van der Waals surface area contributed by atoms with E-state index in [1.54, 1.807) is 0 Å². The Kier molecular flexibility index (Phi) is 7.89. The summed E-state index contributed by atoms with van der Waals surface area (Å²) in [6.07, 6.45) is 4.77. The van der Waals surface area contributed by atoms with E-state index in [2.05, 4.69) is 114 Å². The lowest BCUT2D eigenvalue weighted by Crippen LogP contribution is -2.08. The molecule has 0 amide bonds. The number of anilines is 2. The molecule has 3 N–H and O–H groups in total. The van der Waals surface area contributed by atoms with Crippen LogP contribution in [0.3, 0.4) is 0 Å². The third-order valence-corrected chi connectivity index (χ3v) is 6.72. The lowest BCUT2D eigenvalue weighted by Gasteiger charge is -2.14. The zero-order valence-corrected chi connectivity index (χ0v) is 22.2. The molecule has 1 aromatic heterocycles. The van der Waals surface area contributed by atoms with Gasteiger partial charge in [0, 0.05) is 27.7 Å². The average molecular weight is 508 g/mol. The Morgan fingerprint density at radius 2 is 1.36 bits per heavy atom. The van der Waals surface area contributed by atoms with Crippen LogP contribution in [0, 0.1) is 6.92 Å². The summed E-state index contributed by atoms with van der Waals surface area (Å²) in [4.78, 5) is 0.